The van der Waals surface area contributed by atoms with Crippen LogP contribution in [0, 0.1) is 6.92 Å². The number of methoxy groups -OCH3 is 1. The van der Waals surface area contributed by atoms with Gasteiger partial charge in [0.15, 0.2) is 10.8 Å². The van der Waals surface area contributed by atoms with Gasteiger partial charge in [0.25, 0.3) is 5.91 Å². The normalized spacial score (nSPS) is 11.2. The molecule has 154 valence electrons. The molecule has 7 nitrogen and oxygen atoms in total. The van der Waals surface area contributed by atoms with Crippen molar-refractivity contribution in [1.82, 2.24) is 19.7 Å². The lowest BCUT2D eigenvalue weighted by molar-refractivity contribution is 0.0979. The highest BCUT2D eigenvalue weighted by Crippen LogP contribution is 2.37. The third-order valence-corrected chi connectivity index (χ3v) is 6.02. The second kappa shape index (κ2) is 8.23. The van der Waals surface area contributed by atoms with Crippen molar-refractivity contribution in [2.75, 3.05) is 12.0 Å². The Bertz CT molecular complexity index is 1180. The molecule has 0 spiro atoms. The molecule has 1 amide bonds. The Labute approximate surface area is 179 Å². The van der Waals surface area contributed by atoms with Gasteiger partial charge in [0, 0.05) is 24.6 Å². The summed E-state index contributed by atoms with van der Waals surface area (Å²) in [6, 6.07) is 9.63. The Balaban J connectivity index is 1.79. The maximum Gasteiger partial charge on any atom is 0.280 e. The van der Waals surface area contributed by atoms with Gasteiger partial charge in [-0.15, -0.1) is 0 Å². The predicted molar refractivity (Wildman–Crippen MR) is 118 cm³/mol. The van der Waals surface area contributed by atoms with Crippen LogP contribution in [-0.4, -0.2) is 32.8 Å². The van der Waals surface area contributed by atoms with Crippen molar-refractivity contribution < 1.29 is 9.53 Å². The van der Waals surface area contributed by atoms with E-state index in [0.29, 0.717) is 23.1 Å². The lowest BCUT2D eigenvalue weighted by atomic mass is 10.2. The molecule has 0 saturated carbocycles. The van der Waals surface area contributed by atoms with Gasteiger partial charge in [-0.2, -0.15) is 5.10 Å². The van der Waals surface area contributed by atoms with E-state index < -0.39 is 0 Å². The number of hydrogen-bond acceptors (Lipinski definition) is 6. The number of aryl methyl sites for hydroxylation is 1. The number of ether oxygens (including phenoxy) is 1. The van der Waals surface area contributed by atoms with Crippen molar-refractivity contribution in [2.45, 2.75) is 33.4 Å². The molecule has 3 aromatic heterocycles. The lowest BCUT2D eigenvalue weighted by Crippen LogP contribution is -2.31. The highest BCUT2D eigenvalue weighted by atomic mass is 32.1. The molecule has 0 saturated heterocycles. The van der Waals surface area contributed by atoms with E-state index in [4.69, 9.17) is 9.72 Å². The summed E-state index contributed by atoms with van der Waals surface area (Å²) in [6.45, 7) is 6.43. The Morgan fingerprint density at radius 2 is 2.10 bits per heavy atom. The number of hydrogen-bond donors (Lipinski definition) is 0. The number of thiazole rings is 1. The Morgan fingerprint density at radius 3 is 2.77 bits per heavy atom. The minimum absolute atomic E-state index is 0.174. The van der Waals surface area contributed by atoms with Crippen LogP contribution in [0.25, 0.3) is 10.2 Å². The average Bonchev–Trinajstić information content (AvgIpc) is 3.41. The molecule has 4 rings (SSSR count). The largest absolute Gasteiger partial charge is 0.494 e. The van der Waals surface area contributed by atoms with E-state index in [9.17, 15) is 4.79 Å². The molecular formula is C22H23N5O2S. The smallest absolute Gasteiger partial charge is 0.280 e. The van der Waals surface area contributed by atoms with Gasteiger partial charge in [-0.05, 0) is 50.1 Å². The lowest BCUT2D eigenvalue weighted by Gasteiger charge is -2.18. The number of pyridine rings is 1. The van der Waals surface area contributed by atoms with E-state index >= 15 is 0 Å². The van der Waals surface area contributed by atoms with Crippen LogP contribution >= 0.6 is 11.3 Å². The van der Waals surface area contributed by atoms with Crippen molar-refractivity contribution >= 4 is 32.6 Å². The van der Waals surface area contributed by atoms with E-state index in [2.05, 4.69) is 10.1 Å². The van der Waals surface area contributed by atoms with Gasteiger partial charge in [0.05, 0.1) is 18.4 Å². The number of benzene rings is 1. The molecule has 4 aromatic rings. The highest BCUT2D eigenvalue weighted by Gasteiger charge is 2.25. The van der Waals surface area contributed by atoms with Gasteiger partial charge in [-0.1, -0.05) is 23.5 Å². The van der Waals surface area contributed by atoms with E-state index in [-0.39, 0.29) is 11.9 Å². The molecule has 3 heterocycles. The molecule has 0 aliphatic carbocycles. The summed E-state index contributed by atoms with van der Waals surface area (Å²) in [5, 5.41) is 5.07. The zero-order valence-corrected chi connectivity index (χ0v) is 18.2. The summed E-state index contributed by atoms with van der Waals surface area (Å²) >= 11 is 1.48. The van der Waals surface area contributed by atoms with Crippen molar-refractivity contribution in [3.8, 4) is 5.75 Å². The van der Waals surface area contributed by atoms with Crippen molar-refractivity contribution in [2.24, 2.45) is 0 Å². The molecule has 0 aliphatic heterocycles. The number of aromatic nitrogens is 4. The molecule has 0 aliphatic rings. The monoisotopic (exact) mass is 421 g/mol. The second-order valence-corrected chi connectivity index (χ2v) is 8.26. The SMILES string of the molecule is COc1ccc(C)c2sc(N(Cc3cccnc3)C(=O)c3ccn(C(C)C)n3)nc12. The minimum Gasteiger partial charge on any atom is -0.494 e. The molecule has 0 unspecified atom stereocenters. The average molecular weight is 422 g/mol. The molecule has 30 heavy (non-hydrogen) atoms. The fourth-order valence-electron chi connectivity index (χ4n) is 3.16. The summed E-state index contributed by atoms with van der Waals surface area (Å²) in [5.74, 6) is 0.491. The van der Waals surface area contributed by atoms with E-state index in [1.807, 2.05) is 51.2 Å². The molecular weight excluding hydrogens is 398 g/mol. The summed E-state index contributed by atoms with van der Waals surface area (Å²) in [5.41, 5.74) is 3.15. The molecule has 0 bridgehead atoms. The van der Waals surface area contributed by atoms with Gasteiger partial charge in [-0.25, -0.2) is 4.98 Å². The number of carbonyl (C=O) groups excluding carboxylic acids is 1. The fraction of sp³-hybridized carbons (Fsp3) is 0.273. The summed E-state index contributed by atoms with van der Waals surface area (Å²) < 4.78 is 8.26. The van der Waals surface area contributed by atoms with E-state index in [1.165, 1.54) is 11.3 Å². The maximum absolute atomic E-state index is 13.5. The Morgan fingerprint density at radius 1 is 1.27 bits per heavy atom. The van der Waals surface area contributed by atoms with Gasteiger partial charge in [0.1, 0.15) is 11.3 Å². The molecule has 1 aromatic carbocycles. The fourth-order valence-corrected chi connectivity index (χ4v) is 4.21. The van der Waals surface area contributed by atoms with Crippen LogP contribution in [0.1, 0.15) is 41.5 Å². The summed E-state index contributed by atoms with van der Waals surface area (Å²) in [4.78, 5) is 24.1. The molecule has 0 radical (unpaired) electrons. The van der Waals surface area contributed by atoms with Crippen LogP contribution in [0.2, 0.25) is 0 Å². The van der Waals surface area contributed by atoms with Crippen molar-refractivity contribution in [3.63, 3.8) is 0 Å². The van der Waals surface area contributed by atoms with Crippen LogP contribution in [0.4, 0.5) is 5.13 Å². The number of carbonyl (C=O) groups is 1. The standard InChI is InChI=1S/C22H23N5O2S/c1-14(2)27-11-9-17(25-27)21(28)26(13-16-6-5-10-23-12-16)22-24-19-18(29-4)8-7-15(3)20(19)30-22/h5-12,14H,13H2,1-4H3. The first-order valence-corrected chi connectivity index (χ1v) is 10.5. The van der Waals surface area contributed by atoms with Crippen molar-refractivity contribution in [3.05, 3.63) is 65.7 Å². The Hall–Kier alpha value is -3.26. The van der Waals surface area contributed by atoms with Gasteiger partial charge in [-0.3, -0.25) is 19.4 Å². The van der Waals surface area contributed by atoms with Crippen LogP contribution in [0.15, 0.2) is 48.9 Å². The summed E-state index contributed by atoms with van der Waals surface area (Å²) in [7, 11) is 1.63. The van der Waals surface area contributed by atoms with Gasteiger partial charge < -0.3 is 4.74 Å². The third kappa shape index (κ3) is 3.78. The zero-order chi connectivity index (χ0) is 21.3. The van der Waals surface area contributed by atoms with Crippen molar-refractivity contribution in [1.29, 1.82) is 0 Å². The molecule has 0 fully saturated rings. The number of fused-ring (bicyclic) bond motifs is 1. The van der Waals surface area contributed by atoms with Crippen LogP contribution in [0.3, 0.4) is 0 Å². The van der Waals surface area contributed by atoms with E-state index in [1.54, 1.807) is 35.2 Å². The first-order chi connectivity index (χ1) is 14.5. The zero-order valence-electron chi connectivity index (χ0n) is 17.4. The maximum atomic E-state index is 13.5. The van der Waals surface area contributed by atoms with Gasteiger partial charge >= 0.3 is 0 Å². The van der Waals surface area contributed by atoms with E-state index in [0.717, 1.165) is 21.3 Å². The van der Waals surface area contributed by atoms with Crippen LogP contribution < -0.4 is 9.64 Å². The first kappa shape index (κ1) is 20.0. The molecule has 8 heteroatoms. The summed E-state index contributed by atoms with van der Waals surface area (Å²) in [6.07, 6.45) is 5.30. The Kier molecular flexibility index (Phi) is 5.50. The third-order valence-electron chi connectivity index (χ3n) is 4.81. The van der Waals surface area contributed by atoms with Crippen LogP contribution in [0.5, 0.6) is 5.75 Å². The number of nitrogens with zero attached hydrogens (tertiary/aromatic N) is 5. The first-order valence-electron chi connectivity index (χ1n) is 9.68. The topological polar surface area (TPSA) is 73.1 Å². The number of amides is 1. The second-order valence-electron chi connectivity index (χ2n) is 7.29. The number of rotatable bonds is 6. The minimum atomic E-state index is -0.200. The quantitative estimate of drug-likeness (QED) is 0.454. The molecule has 0 N–H and O–H groups in total. The number of anilines is 1. The molecule has 0 atom stereocenters. The predicted octanol–water partition coefficient (Wildman–Crippen LogP) is 4.63. The van der Waals surface area contributed by atoms with Gasteiger partial charge in [0.2, 0.25) is 0 Å². The van der Waals surface area contributed by atoms with Crippen LogP contribution in [-0.2, 0) is 6.54 Å². The highest BCUT2D eigenvalue weighted by molar-refractivity contribution is 7.22.